The number of ether oxygens (including phenoxy) is 1. The zero-order valence-corrected chi connectivity index (χ0v) is 12.9. The summed E-state index contributed by atoms with van der Waals surface area (Å²) >= 11 is 0. The number of aliphatic carboxylic acids is 1. The molecule has 2 heterocycles. The van der Waals surface area contributed by atoms with E-state index in [1.165, 1.54) is 0 Å². The Hall–Kier alpha value is -2.89. The first-order chi connectivity index (χ1) is 11.0. The Kier molecular flexibility index (Phi) is 3.97. The van der Waals surface area contributed by atoms with Gasteiger partial charge in [0.1, 0.15) is 17.3 Å². The Labute approximate surface area is 133 Å². The molecule has 118 valence electrons. The Bertz CT molecular complexity index is 838. The van der Waals surface area contributed by atoms with Gasteiger partial charge < -0.3 is 9.84 Å². The molecule has 2 aromatic heterocycles. The Balaban J connectivity index is 1.83. The maximum atomic E-state index is 10.7. The molecule has 0 amide bonds. The van der Waals surface area contributed by atoms with Crippen molar-refractivity contribution in [2.45, 2.75) is 26.2 Å². The monoisotopic (exact) mass is 311 g/mol. The van der Waals surface area contributed by atoms with Gasteiger partial charge >= 0.3 is 5.97 Å². The molecule has 0 fully saturated rings. The third-order valence-corrected chi connectivity index (χ3v) is 3.43. The summed E-state index contributed by atoms with van der Waals surface area (Å²) in [6, 6.07) is 10.7. The largest absolute Gasteiger partial charge is 0.481 e. The molecule has 0 bridgehead atoms. The quantitative estimate of drug-likeness (QED) is 0.782. The number of pyridine rings is 1. The maximum absolute atomic E-state index is 10.7. The number of nitrogens with zero attached hydrogens (tertiary/aromatic N) is 3. The van der Waals surface area contributed by atoms with Gasteiger partial charge in [-0.1, -0.05) is 26.0 Å². The van der Waals surface area contributed by atoms with E-state index >= 15 is 0 Å². The molecule has 0 saturated carbocycles. The van der Waals surface area contributed by atoms with Crippen LogP contribution in [-0.4, -0.2) is 25.7 Å². The average molecular weight is 311 g/mol. The van der Waals surface area contributed by atoms with Crippen LogP contribution in [-0.2, 0) is 11.2 Å². The van der Waals surface area contributed by atoms with Crippen molar-refractivity contribution >= 4 is 11.6 Å². The van der Waals surface area contributed by atoms with Gasteiger partial charge in [-0.05, 0) is 29.8 Å². The Morgan fingerprint density at radius 2 is 1.83 bits per heavy atom. The van der Waals surface area contributed by atoms with Crippen molar-refractivity contribution in [2.75, 3.05) is 0 Å². The van der Waals surface area contributed by atoms with Crippen LogP contribution in [0, 0.1) is 0 Å². The molecule has 0 spiro atoms. The molecule has 0 radical (unpaired) electrons. The minimum Gasteiger partial charge on any atom is -0.481 e. The van der Waals surface area contributed by atoms with Gasteiger partial charge in [0.2, 0.25) is 0 Å². The zero-order chi connectivity index (χ0) is 16.4. The number of carboxylic acid groups (broad SMARTS) is 1. The van der Waals surface area contributed by atoms with Gasteiger partial charge in [-0.15, -0.1) is 10.2 Å². The van der Waals surface area contributed by atoms with Gasteiger partial charge in [0.25, 0.3) is 0 Å². The number of aromatic nitrogens is 3. The summed E-state index contributed by atoms with van der Waals surface area (Å²) in [6.07, 6.45) is 1.86. The van der Waals surface area contributed by atoms with Crippen LogP contribution in [0.5, 0.6) is 11.5 Å². The van der Waals surface area contributed by atoms with Crippen molar-refractivity contribution in [1.29, 1.82) is 0 Å². The van der Waals surface area contributed by atoms with Crippen LogP contribution in [0.3, 0.4) is 0 Å². The minimum absolute atomic E-state index is 0.00466. The van der Waals surface area contributed by atoms with Gasteiger partial charge in [0.05, 0.1) is 12.6 Å². The molecular weight excluding hydrogens is 294 g/mol. The molecule has 3 aromatic rings. The smallest absolute Gasteiger partial charge is 0.307 e. The Morgan fingerprint density at radius 1 is 1.13 bits per heavy atom. The second-order valence-electron chi connectivity index (χ2n) is 5.62. The van der Waals surface area contributed by atoms with Gasteiger partial charge in [-0.2, -0.15) is 0 Å². The molecule has 0 aliphatic carbocycles. The summed E-state index contributed by atoms with van der Waals surface area (Å²) in [5.74, 6) is 1.61. The summed E-state index contributed by atoms with van der Waals surface area (Å²) in [4.78, 5) is 10.7. The standard InChI is InChI=1S/C17H17N3O3/c1-11(2)17-19-18-15-8-7-14(10-20(15)17)23-13-5-3-12(4-6-13)9-16(21)22/h3-8,10-11H,9H2,1-2H3,(H,21,22). The van der Waals surface area contributed by atoms with E-state index in [0.717, 1.165) is 17.0 Å². The number of benzene rings is 1. The first-order valence-electron chi connectivity index (χ1n) is 7.36. The normalized spacial score (nSPS) is 11.1. The van der Waals surface area contributed by atoms with Gasteiger partial charge in [0, 0.05) is 5.92 Å². The van der Waals surface area contributed by atoms with E-state index in [9.17, 15) is 4.79 Å². The first kappa shape index (κ1) is 15.0. The molecule has 0 aliphatic heterocycles. The summed E-state index contributed by atoms with van der Waals surface area (Å²) in [6.45, 7) is 4.12. The summed E-state index contributed by atoms with van der Waals surface area (Å²) in [7, 11) is 0. The van der Waals surface area contributed by atoms with Crippen LogP contribution in [0.1, 0.15) is 31.2 Å². The molecule has 3 rings (SSSR count). The summed E-state index contributed by atoms with van der Waals surface area (Å²) in [5, 5.41) is 17.1. The van der Waals surface area contributed by atoms with Crippen molar-refractivity contribution in [2.24, 2.45) is 0 Å². The molecule has 0 atom stereocenters. The van der Waals surface area contributed by atoms with E-state index in [1.807, 2.05) is 22.7 Å². The molecule has 23 heavy (non-hydrogen) atoms. The second-order valence-corrected chi connectivity index (χ2v) is 5.62. The van der Waals surface area contributed by atoms with E-state index in [1.54, 1.807) is 24.3 Å². The summed E-state index contributed by atoms with van der Waals surface area (Å²) < 4.78 is 7.74. The molecule has 0 saturated heterocycles. The van der Waals surface area contributed by atoms with Crippen molar-refractivity contribution in [3.8, 4) is 11.5 Å². The van der Waals surface area contributed by atoms with E-state index in [4.69, 9.17) is 9.84 Å². The van der Waals surface area contributed by atoms with Crippen LogP contribution < -0.4 is 4.74 Å². The van der Waals surface area contributed by atoms with E-state index in [2.05, 4.69) is 24.0 Å². The fourth-order valence-electron chi connectivity index (χ4n) is 2.33. The molecule has 1 N–H and O–H groups in total. The highest BCUT2D eigenvalue weighted by Crippen LogP contribution is 2.24. The number of hydrogen-bond acceptors (Lipinski definition) is 4. The molecule has 1 aromatic carbocycles. The number of hydrogen-bond donors (Lipinski definition) is 1. The second kappa shape index (κ2) is 6.08. The van der Waals surface area contributed by atoms with E-state index in [-0.39, 0.29) is 12.3 Å². The SMILES string of the molecule is CC(C)c1nnc2ccc(Oc3ccc(CC(=O)O)cc3)cn12. The highest BCUT2D eigenvalue weighted by atomic mass is 16.5. The third-order valence-electron chi connectivity index (χ3n) is 3.43. The van der Waals surface area contributed by atoms with Crippen molar-refractivity contribution in [3.63, 3.8) is 0 Å². The van der Waals surface area contributed by atoms with Crippen LogP contribution in [0.15, 0.2) is 42.6 Å². The van der Waals surface area contributed by atoms with Gasteiger partial charge in [-0.3, -0.25) is 9.20 Å². The molecule has 6 nitrogen and oxygen atoms in total. The van der Waals surface area contributed by atoms with E-state index in [0.29, 0.717) is 11.5 Å². The number of carbonyl (C=O) groups is 1. The molecule has 0 aliphatic rings. The Morgan fingerprint density at radius 3 is 2.48 bits per heavy atom. The predicted molar refractivity (Wildman–Crippen MR) is 84.9 cm³/mol. The number of rotatable bonds is 5. The first-order valence-corrected chi connectivity index (χ1v) is 7.36. The lowest BCUT2D eigenvalue weighted by atomic mass is 10.1. The fourth-order valence-corrected chi connectivity index (χ4v) is 2.33. The number of carboxylic acids is 1. The lowest BCUT2D eigenvalue weighted by Crippen LogP contribution is -1.99. The lowest BCUT2D eigenvalue weighted by Gasteiger charge is -2.08. The predicted octanol–water partition coefficient (Wildman–Crippen LogP) is 3.27. The maximum Gasteiger partial charge on any atom is 0.307 e. The highest BCUT2D eigenvalue weighted by molar-refractivity contribution is 5.70. The topological polar surface area (TPSA) is 76.7 Å². The van der Waals surface area contributed by atoms with Crippen molar-refractivity contribution in [1.82, 2.24) is 14.6 Å². The van der Waals surface area contributed by atoms with Crippen LogP contribution in [0.25, 0.3) is 5.65 Å². The van der Waals surface area contributed by atoms with E-state index < -0.39 is 5.97 Å². The highest BCUT2D eigenvalue weighted by Gasteiger charge is 2.10. The molecule has 0 unspecified atom stereocenters. The van der Waals surface area contributed by atoms with Crippen LogP contribution in [0.2, 0.25) is 0 Å². The average Bonchev–Trinajstić information content (AvgIpc) is 2.92. The molecular formula is C17H17N3O3. The summed E-state index contributed by atoms with van der Waals surface area (Å²) in [5.41, 5.74) is 1.51. The van der Waals surface area contributed by atoms with Crippen molar-refractivity contribution < 1.29 is 14.6 Å². The fraction of sp³-hybridized carbons (Fsp3) is 0.235. The number of fused-ring (bicyclic) bond motifs is 1. The van der Waals surface area contributed by atoms with Crippen molar-refractivity contribution in [3.05, 3.63) is 54.0 Å². The van der Waals surface area contributed by atoms with Gasteiger partial charge in [-0.25, -0.2) is 0 Å². The van der Waals surface area contributed by atoms with Gasteiger partial charge in [0.15, 0.2) is 5.65 Å². The van der Waals surface area contributed by atoms with Crippen LogP contribution in [0.4, 0.5) is 0 Å². The minimum atomic E-state index is -0.849. The molecule has 6 heteroatoms. The third kappa shape index (κ3) is 3.31. The lowest BCUT2D eigenvalue weighted by molar-refractivity contribution is -0.136. The zero-order valence-electron chi connectivity index (χ0n) is 12.9. The van der Waals surface area contributed by atoms with Crippen LogP contribution >= 0.6 is 0 Å².